The van der Waals surface area contributed by atoms with E-state index in [1.807, 2.05) is 0 Å². The maximum absolute atomic E-state index is 6.78. The molecule has 0 aromatic heterocycles. The van der Waals surface area contributed by atoms with E-state index in [1.54, 1.807) is 0 Å². The van der Waals surface area contributed by atoms with Crippen molar-refractivity contribution in [2.24, 2.45) is 0 Å². The van der Waals surface area contributed by atoms with Gasteiger partial charge in [0.1, 0.15) is 0 Å². The molecule has 52 valence electrons. The summed E-state index contributed by atoms with van der Waals surface area (Å²) in [4.78, 5) is 0. The lowest BCUT2D eigenvalue weighted by Gasteiger charge is -1.93. The molecule has 1 N–H and O–H groups in total. The normalized spacial score (nSPS) is 11.6. The Hall–Kier alpha value is -0.590. The fourth-order valence-corrected chi connectivity index (χ4v) is 0.750. The molecule has 0 atom stereocenters. The monoisotopic (exact) mass is 125 g/mol. The van der Waals surface area contributed by atoms with E-state index in [4.69, 9.17) is 5.41 Å². The van der Waals surface area contributed by atoms with E-state index < -0.39 is 0 Å². The highest BCUT2D eigenvalue weighted by molar-refractivity contribution is 5.53. The third-order valence-corrected chi connectivity index (χ3v) is 1.24. The molecule has 0 aromatic carbocycles. The molecule has 0 heterocycles. The van der Waals surface area contributed by atoms with Gasteiger partial charge < -0.3 is 5.41 Å². The summed E-state index contributed by atoms with van der Waals surface area (Å²) in [5, 5.41) is 6.78. The van der Waals surface area contributed by atoms with Crippen molar-refractivity contribution < 1.29 is 0 Å². The first-order valence-electron chi connectivity index (χ1n) is 3.45. The first kappa shape index (κ1) is 8.41. The van der Waals surface area contributed by atoms with Gasteiger partial charge in [-0.25, -0.2) is 0 Å². The van der Waals surface area contributed by atoms with Gasteiger partial charge in [0.2, 0.25) is 0 Å². The second-order valence-electron chi connectivity index (χ2n) is 2.20. The molecule has 0 aliphatic carbocycles. The minimum Gasteiger partial charge on any atom is -0.313 e. The van der Waals surface area contributed by atoms with Gasteiger partial charge in [-0.05, 0) is 32.4 Å². The first-order valence-corrected chi connectivity index (χ1v) is 3.45. The minimum atomic E-state index is 0.891. The quantitative estimate of drug-likeness (QED) is 0.441. The number of nitrogens with one attached hydrogen (secondary N) is 1. The number of rotatable bonds is 4. The molecule has 0 rings (SSSR count). The predicted molar refractivity (Wildman–Crippen MR) is 42.1 cm³/mol. The van der Waals surface area contributed by atoms with E-state index in [0.717, 1.165) is 19.3 Å². The van der Waals surface area contributed by atoms with Crippen molar-refractivity contribution in [2.75, 3.05) is 0 Å². The van der Waals surface area contributed by atoms with Crippen LogP contribution in [0.1, 0.15) is 33.1 Å². The van der Waals surface area contributed by atoms with Crippen LogP contribution in [-0.4, -0.2) is 6.21 Å². The standard InChI is InChI=1S/C8H15N/c1-3-5-8(2)6-4-7-9/h5,7,9H,3-4,6H2,1-2H3/b8-5-,9-7?. The van der Waals surface area contributed by atoms with Crippen LogP contribution in [-0.2, 0) is 0 Å². The second-order valence-corrected chi connectivity index (χ2v) is 2.20. The maximum atomic E-state index is 6.78. The van der Waals surface area contributed by atoms with Crippen LogP contribution in [0.25, 0.3) is 0 Å². The van der Waals surface area contributed by atoms with Crippen molar-refractivity contribution in [3.05, 3.63) is 11.6 Å². The third-order valence-electron chi connectivity index (χ3n) is 1.24. The van der Waals surface area contributed by atoms with Crippen LogP contribution in [0.3, 0.4) is 0 Å². The van der Waals surface area contributed by atoms with Crippen molar-refractivity contribution in [1.82, 2.24) is 0 Å². The highest BCUT2D eigenvalue weighted by Crippen LogP contribution is 2.02. The van der Waals surface area contributed by atoms with Crippen molar-refractivity contribution in [3.63, 3.8) is 0 Å². The zero-order chi connectivity index (χ0) is 7.11. The van der Waals surface area contributed by atoms with Crippen LogP contribution in [0.15, 0.2) is 11.6 Å². The van der Waals surface area contributed by atoms with E-state index >= 15 is 0 Å². The molecular formula is C8H15N. The smallest absolute Gasteiger partial charge is 0.00446 e. The van der Waals surface area contributed by atoms with Crippen molar-refractivity contribution in [1.29, 1.82) is 5.41 Å². The summed E-state index contributed by atoms with van der Waals surface area (Å²) in [6.07, 6.45) is 6.74. The molecule has 0 amide bonds. The Labute approximate surface area is 57.3 Å². The third kappa shape index (κ3) is 5.28. The van der Waals surface area contributed by atoms with E-state index in [0.29, 0.717) is 0 Å². The number of hydrogen-bond donors (Lipinski definition) is 1. The van der Waals surface area contributed by atoms with Gasteiger partial charge in [-0.1, -0.05) is 18.6 Å². The van der Waals surface area contributed by atoms with Gasteiger partial charge in [-0.2, -0.15) is 0 Å². The van der Waals surface area contributed by atoms with E-state index in [9.17, 15) is 0 Å². The first-order chi connectivity index (χ1) is 4.31. The molecule has 0 aliphatic rings. The van der Waals surface area contributed by atoms with Crippen LogP contribution >= 0.6 is 0 Å². The zero-order valence-electron chi connectivity index (χ0n) is 6.28. The second kappa shape index (κ2) is 5.54. The molecule has 0 aromatic rings. The number of allylic oxidation sites excluding steroid dienone is 2. The molecule has 0 radical (unpaired) electrons. The van der Waals surface area contributed by atoms with E-state index in [-0.39, 0.29) is 0 Å². The lowest BCUT2D eigenvalue weighted by atomic mass is 10.1. The molecule has 0 spiro atoms. The zero-order valence-corrected chi connectivity index (χ0v) is 6.28. The minimum absolute atomic E-state index is 0.891. The van der Waals surface area contributed by atoms with Crippen LogP contribution in [0.2, 0.25) is 0 Å². The molecular weight excluding hydrogens is 110 g/mol. The number of hydrogen-bond acceptors (Lipinski definition) is 1. The summed E-state index contributed by atoms with van der Waals surface area (Å²) >= 11 is 0. The van der Waals surface area contributed by atoms with Gasteiger partial charge in [0, 0.05) is 0 Å². The van der Waals surface area contributed by atoms with E-state index in [2.05, 4.69) is 19.9 Å². The summed E-state index contributed by atoms with van der Waals surface area (Å²) < 4.78 is 0. The average molecular weight is 125 g/mol. The van der Waals surface area contributed by atoms with Gasteiger partial charge >= 0.3 is 0 Å². The molecule has 9 heavy (non-hydrogen) atoms. The molecule has 0 fully saturated rings. The van der Waals surface area contributed by atoms with Crippen LogP contribution in [0.5, 0.6) is 0 Å². The summed E-state index contributed by atoms with van der Waals surface area (Å²) in [6.45, 7) is 4.25. The Morgan fingerprint density at radius 1 is 1.56 bits per heavy atom. The Kier molecular flexibility index (Phi) is 5.18. The van der Waals surface area contributed by atoms with Crippen molar-refractivity contribution >= 4 is 6.21 Å². The lowest BCUT2D eigenvalue weighted by Crippen LogP contribution is -1.77. The average Bonchev–Trinajstić information content (AvgIpc) is 1.85. The SMILES string of the molecule is CC/C=C(/C)CCC=N. The predicted octanol–water partition coefficient (Wildman–Crippen LogP) is 2.77. The van der Waals surface area contributed by atoms with E-state index in [1.165, 1.54) is 11.8 Å². The van der Waals surface area contributed by atoms with Gasteiger partial charge in [0.15, 0.2) is 0 Å². The Morgan fingerprint density at radius 2 is 2.22 bits per heavy atom. The fraction of sp³-hybridized carbons (Fsp3) is 0.625. The largest absolute Gasteiger partial charge is 0.313 e. The van der Waals surface area contributed by atoms with Gasteiger partial charge in [-0.15, -0.1) is 0 Å². The Morgan fingerprint density at radius 3 is 2.67 bits per heavy atom. The topological polar surface area (TPSA) is 23.9 Å². The van der Waals surface area contributed by atoms with Crippen LogP contribution in [0.4, 0.5) is 0 Å². The fourth-order valence-electron chi connectivity index (χ4n) is 0.750. The Bertz CT molecular complexity index is 103. The van der Waals surface area contributed by atoms with Gasteiger partial charge in [0.05, 0.1) is 0 Å². The summed E-state index contributed by atoms with van der Waals surface area (Å²) in [5.41, 5.74) is 1.40. The summed E-state index contributed by atoms with van der Waals surface area (Å²) in [5.74, 6) is 0. The van der Waals surface area contributed by atoms with Gasteiger partial charge in [-0.3, -0.25) is 0 Å². The lowest BCUT2D eigenvalue weighted by molar-refractivity contribution is 0.998. The summed E-state index contributed by atoms with van der Waals surface area (Å²) in [6, 6.07) is 0. The molecule has 0 aliphatic heterocycles. The van der Waals surface area contributed by atoms with Gasteiger partial charge in [0.25, 0.3) is 0 Å². The molecule has 1 nitrogen and oxygen atoms in total. The molecule has 0 saturated heterocycles. The Balaban J connectivity index is 3.36. The van der Waals surface area contributed by atoms with Crippen LogP contribution < -0.4 is 0 Å². The highest BCUT2D eigenvalue weighted by atomic mass is 14.3. The molecule has 0 saturated carbocycles. The molecule has 1 heteroatoms. The summed E-state index contributed by atoms with van der Waals surface area (Å²) in [7, 11) is 0. The highest BCUT2D eigenvalue weighted by Gasteiger charge is 1.84. The molecule has 0 bridgehead atoms. The van der Waals surface area contributed by atoms with Crippen molar-refractivity contribution in [2.45, 2.75) is 33.1 Å². The molecule has 0 unspecified atom stereocenters. The maximum Gasteiger partial charge on any atom is -0.00446 e. The van der Waals surface area contributed by atoms with Crippen LogP contribution in [0, 0.1) is 5.41 Å². The van der Waals surface area contributed by atoms with Crippen molar-refractivity contribution in [3.8, 4) is 0 Å².